The van der Waals surface area contributed by atoms with Crippen molar-refractivity contribution < 1.29 is 22.8 Å². The molecule has 10 heteroatoms. The molecule has 0 spiro atoms. The number of aromatic nitrogens is 1. The summed E-state index contributed by atoms with van der Waals surface area (Å²) in [6.07, 6.45) is -1.24. The number of likely N-dealkylation sites (N-methyl/N-ethyl adjacent to an activating group) is 1. The lowest BCUT2D eigenvalue weighted by Crippen LogP contribution is -2.40. The Morgan fingerprint density at radius 1 is 1.20 bits per heavy atom. The molecule has 2 aromatic rings. The molecule has 35 heavy (non-hydrogen) atoms. The molecular weight excluding hydrogens is 459 g/mol. The van der Waals surface area contributed by atoms with E-state index in [1.54, 1.807) is 7.05 Å². The Hall–Kier alpha value is -3.14. The van der Waals surface area contributed by atoms with E-state index in [2.05, 4.69) is 15.6 Å². The van der Waals surface area contributed by atoms with Gasteiger partial charge in [0.15, 0.2) is 0 Å². The summed E-state index contributed by atoms with van der Waals surface area (Å²) in [5.74, 6) is -0.188. The first-order valence-corrected chi connectivity index (χ1v) is 11.8. The number of carbonyl (C=O) groups excluding carboxylic acids is 2. The Labute approximate surface area is 203 Å². The molecule has 3 rings (SSSR count). The van der Waals surface area contributed by atoms with Gasteiger partial charge in [-0.2, -0.15) is 13.2 Å². The van der Waals surface area contributed by atoms with Crippen LogP contribution in [-0.2, 0) is 35.3 Å². The molecule has 7 nitrogen and oxygen atoms in total. The zero-order valence-corrected chi connectivity index (χ0v) is 20.1. The Morgan fingerprint density at radius 2 is 2.00 bits per heavy atom. The number of anilines is 1. The number of pyridine rings is 1. The van der Waals surface area contributed by atoms with Gasteiger partial charge in [-0.15, -0.1) is 0 Å². The first-order valence-electron chi connectivity index (χ1n) is 11.8. The van der Waals surface area contributed by atoms with E-state index in [0.717, 1.165) is 29.3 Å². The molecule has 0 saturated carbocycles. The van der Waals surface area contributed by atoms with E-state index < -0.39 is 11.7 Å². The van der Waals surface area contributed by atoms with Crippen molar-refractivity contribution in [3.05, 3.63) is 58.9 Å². The van der Waals surface area contributed by atoms with Crippen molar-refractivity contribution in [2.75, 3.05) is 38.5 Å². The van der Waals surface area contributed by atoms with Gasteiger partial charge in [0.05, 0.1) is 24.3 Å². The molecule has 0 aliphatic carbocycles. The van der Waals surface area contributed by atoms with E-state index in [-0.39, 0.29) is 37.1 Å². The number of carbonyl (C=O) groups is 2. The van der Waals surface area contributed by atoms with E-state index in [0.29, 0.717) is 32.5 Å². The molecule has 0 atom stereocenters. The van der Waals surface area contributed by atoms with Gasteiger partial charge in [0.2, 0.25) is 11.8 Å². The summed E-state index contributed by atoms with van der Waals surface area (Å²) in [6.45, 7) is 3.51. The monoisotopic (exact) mass is 491 g/mol. The second-order valence-electron chi connectivity index (χ2n) is 8.53. The fourth-order valence-electron chi connectivity index (χ4n) is 4.18. The van der Waals surface area contributed by atoms with Gasteiger partial charge >= 0.3 is 6.18 Å². The molecule has 0 bridgehead atoms. The van der Waals surface area contributed by atoms with Crippen molar-refractivity contribution in [2.45, 2.75) is 45.5 Å². The second kappa shape index (κ2) is 12.0. The number of nitrogens with zero attached hydrogens (tertiary/aromatic N) is 3. The summed E-state index contributed by atoms with van der Waals surface area (Å²) in [5, 5.41) is 6.10. The highest BCUT2D eigenvalue weighted by Gasteiger charge is 2.34. The first-order chi connectivity index (χ1) is 16.7. The number of hydrogen-bond donors (Lipinski definition) is 2. The first kappa shape index (κ1) is 26.5. The lowest BCUT2D eigenvalue weighted by molar-refractivity contribution is -0.140. The third-order valence-corrected chi connectivity index (χ3v) is 6.03. The van der Waals surface area contributed by atoms with Crippen molar-refractivity contribution in [3.8, 4) is 0 Å². The van der Waals surface area contributed by atoms with Crippen LogP contribution in [0.4, 0.5) is 18.9 Å². The molecule has 0 saturated heterocycles. The van der Waals surface area contributed by atoms with Crippen LogP contribution in [0.25, 0.3) is 0 Å². The van der Waals surface area contributed by atoms with Crippen molar-refractivity contribution in [1.29, 1.82) is 0 Å². The summed E-state index contributed by atoms with van der Waals surface area (Å²) in [5.41, 5.74) is 1.88. The Morgan fingerprint density at radius 3 is 2.71 bits per heavy atom. The van der Waals surface area contributed by atoms with Gasteiger partial charge in [-0.3, -0.25) is 14.6 Å². The predicted octanol–water partition coefficient (Wildman–Crippen LogP) is 3.45. The number of amides is 2. The fourth-order valence-corrected chi connectivity index (χ4v) is 4.18. The van der Waals surface area contributed by atoms with Crippen LogP contribution in [0, 0.1) is 0 Å². The zero-order valence-electron chi connectivity index (χ0n) is 20.1. The molecule has 0 unspecified atom stereocenters. The van der Waals surface area contributed by atoms with E-state index in [1.165, 1.54) is 17.2 Å². The Bertz CT molecular complexity index is 1030. The minimum atomic E-state index is -4.55. The lowest BCUT2D eigenvalue weighted by atomic mass is 9.97. The van der Waals surface area contributed by atoms with Crippen LogP contribution in [0.5, 0.6) is 0 Å². The number of hydrogen-bond acceptors (Lipinski definition) is 5. The topological polar surface area (TPSA) is 77.6 Å². The minimum Gasteiger partial charge on any atom is -0.376 e. The van der Waals surface area contributed by atoms with Gasteiger partial charge in [0.1, 0.15) is 0 Å². The number of fused-ring (bicyclic) bond motifs is 1. The third-order valence-electron chi connectivity index (χ3n) is 6.03. The average molecular weight is 492 g/mol. The van der Waals surface area contributed by atoms with Crippen LogP contribution in [0.15, 0.2) is 36.5 Å². The maximum atomic E-state index is 13.4. The van der Waals surface area contributed by atoms with Crippen LogP contribution in [0.2, 0.25) is 0 Å². The molecule has 1 aliphatic rings. The number of halogens is 3. The molecule has 2 amide bonds. The lowest BCUT2D eigenvalue weighted by Gasteiger charge is -2.30. The highest BCUT2D eigenvalue weighted by atomic mass is 19.4. The second-order valence-corrected chi connectivity index (χ2v) is 8.53. The fraction of sp³-hybridized carbons (Fsp3) is 0.480. The zero-order chi connectivity index (χ0) is 25.4. The van der Waals surface area contributed by atoms with Crippen molar-refractivity contribution in [1.82, 2.24) is 20.1 Å². The van der Waals surface area contributed by atoms with Crippen LogP contribution >= 0.6 is 0 Å². The van der Waals surface area contributed by atoms with Gasteiger partial charge in [0, 0.05) is 44.5 Å². The molecular formula is C25H32F3N5O2. The highest BCUT2D eigenvalue weighted by Crippen LogP contribution is 2.31. The van der Waals surface area contributed by atoms with Crippen molar-refractivity contribution in [2.24, 2.45) is 0 Å². The van der Waals surface area contributed by atoms with Gasteiger partial charge in [-0.05, 0) is 49.2 Å². The summed E-state index contributed by atoms with van der Waals surface area (Å²) >= 11 is 0. The highest BCUT2D eigenvalue weighted by molar-refractivity contribution is 5.81. The normalized spacial score (nSPS) is 13.3. The SMILES string of the molecule is CCCC(=O)N1CCc2c(cccc2NCC(=O)N(CCNC)Cc2ncccc2C(F)(F)F)C1. The number of rotatable bonds is 10. The third kappa shape index (κ3) is 6.94. The van der Waals surface area contributed by atoms with Gasteiger partial charge in [-0.1, -0.05) is 19.1 Å². The number of nitrogens with one attached hydrogen (secondary N) is 2. The molecule has 2 N–H and O–H groups in total. The van der Waals surface area contributed by atoms with Gasteiger partial charge in [-0.25, -0.2) is 0 Å². The smallest absolute Gasteiger partial charge is 0.376 e. The largest absolute Gasteiger partial charge is 0.418 e. The molecule has 2 heterocycles. The van der Waals surface area contributed by atoms with Gasteiger partial charge in [0.25, 0.3) is 0 Å². The quantitative estimate of drug-likeness (QED) is 0.533. The maximum absolute atomic E-state index is 13.4. The van der Waals surface area contributed by atoms with Crippen LogP contribution in [-0.4, -0.2) is 59.8 Å². The Balaban J connectivity index is 1.70. The molecule has 1 aromatic carbocycles. The molecule has 1 aliphatic heterocycles. The minimum absolute atomic E-state index is 0.0627. The van der Waals surface area contributed by atoms with E-state index in [9.17, 15) is 22.8 Å². The Kier molecular flexibility index (Phi) is 9.08. The summed E-state index contributed by atoms with van der Waals surface area (Å²) < 4.78 is 40.2. The average Bonchev–Trinajstić information content (AvgIpc) is 2.84. The van der Waals surface area contributed by atoms with Crippen molar-refractivity contribution in [3.63, 3.8) is 0 Å². The van der Waals surface area contributed by atoms with Crippen molar-refractivity contribution >= 4 is 17.5 Å². The molecule has 1 aromatic heterocycles. The van der Waals surface area contributed by atoms with E-state index >= 15 is 0 Å². The van der Waals surface area contributed by atoms with Crippen LogP contribution in [0.1, 0.15) is 42.1 Å². The molecule has 190 valence electrons. The van der Waals surface area contributed by atoms with E-state index in [4.69, 9.17) is 0 Å². The van der Waals surface area contributed by atoms with Crippen LogP contribution in [0.3, 0.4) is 0 Å². The van der Waals surface area contributed by atoms with Crippen LogP contribution < -0.4 is 10.6 Å². The predicted molar refractivity (Wildman–Crippen MR) is 128 cm³/mol. The number of alkyl halides is 3. The molecule has 0 fully saturated rings. The standard InChI is InChI=1S/C25H32F3N5O2/c1-3-6-23(34)32-13-10-19-18(16-32)7-4-9-21(19)31-15-24(35)33(14-12-29-2)17-22-20(25(26,27)28)8-5-11-30-22/h4-5,7-9,11,29,31H,3,6,10,12-17H2,1-2H3. The maximum Gasteiger partial charge on any atom is 0.418 e. The van der Waals surface area contributed by atoms with Gasteiger partial charge < -0.3 is 20.4 Å². The molecule has 0 radical (unpaired) electrons. The number of benzene rings is 1. The summed E-state index contributed by atoms with van der Waals surface area (Å²) in [6, 6.07) is 7.96. The summed E-state index contributed by atoms with van der Waals surface area (Å²) in [7, 11) is 1.72. The van der Waals surface area contributed by atoms with E-state index in [1.807, 2.05) is 30.0 Å². The summed E-state index contributed by atoms with van der Waals surface area (Å²) in [4.78, 5) is 32.5.